The van der Waals surface area contributed by atoms with Gasteiger partial charge in [0.05, 0.1) is 13.7 Å². The average molecular weight is 328 g/mol. The summed E-state index contributed by atoms with van der Waals surface area (Å²) in [7, 11) is 1.18. The first-order chi connectivity index (χ1) is 11.6. The maximum Gasteiger partial charge on any atom is 0.422 e. The van der Waals surface area contributed by atoms with Crippen LogP contribution in [0.3, 0.4) is 0 Å². The maximum absolute atomic E-state index is 12.2. The molecule has 2 aromatic rings. The third-order valence-electron chi connectivity index (χ3n) is 3.28. The van der Waals surface area contributed by atoms with Crippen LogP contribution in [0.25, 0.3) is 16.5 Å². The molecule has 1 aromatic carbocycles. The highest BCUT2D eigenvalue weighted by molar-refractivity contribution is 6.44. The second-order valence-electron chi connectivity index (χ2n) is 4.81. The monoisotopic (exact) mass is 328 g/mol. The SMILES string of the molecule is C=CCCCOC(=O)C(=[N+]=[N-])c1c(C(=O)OC)oc2ccccc12. The normalized spacial score (nSPS) is 10.0. The molecule has 24 heavy (non-hydrogen) atoms. The lowest BCUT2D eigenvalue weighted by molar-refractivity contribution is -0.140. The molecule has 7 nitrogen and oxygen atoms in total. The van der Waals surface area contributed by atoms with Gasteiger partial charge in [-0.25, -0.2) is 9.59 Å². The number of benzene rings is 1. The number of methoxy groups -OCH3 is 1. The van der Waals surface area contributed by atoms with Gasteiger partial charge in [0, 0.05) is 5.39 Å². The second kappa shape index (κ2) is 7.89. The first-order valence-corrected chi connectivity index (χ1v) is 7.24. The molecule has 0 atom stereocenters. The van der Waals surface area contributed by atoms with E-state index in [1.807, 2.05) is 0 Å². The van der Waals surface area contributed by atoms with Gasteiger partial charge in [-0.05, 0) is 18.9 Å². The van der Waals surface area contributed by atoms with Crippen molar-refractivity contribution in [2.45, 2.75) is 12.8 Å². The minimum absolute atomic E-state index is 0.0358. The molecule has 0 aliphatic rings. The molecule has 124 valence electrons. The minimum Gasteiger partial charge on any atom is -0.463 e. The molecule has 0 aliphatic carbocycles. The summed E-state index contributed by atoms with van der Waals surface area (Å²) in [6, 6.07) is 6.67. The van der Waals surface area contributed by atoms with E-state index in [0.29, 0.717) is 23.8 Å². The predicted molar refractivity (Wildman–Crippen MR) is 85.7 cm³/mol. The van der Waals surface area contributed by atoms with Crippen LogP contribution in [0, 0.1) is 0 Å². The Labute approximate surface area is 138 Å². The Morgan fingerprint density at radius 1 is 1.38 bits per heavy atom. The van der Waals surface area contributed by atoms with Gasteiger partial charge >= 0.3 is 17.7 Å². The van der Waals surface area contributed by atoms with Crippen LogP contribution in [0.4, 0.5) is 0 Å². The Hall–Kier alpha value is -3.18. The van der Waals surface area contributed by atoms with E-state index in [4.69, 9.17) is 9.15 Å². The summed E-state index contributed by atoms with van der Waals surface area (Å²) in [6.07, 6.45) is 2.97. The van der Waals surface area contributed by atoms with Gasteiger partial charge in [-0.2, -0.15) is 4.79 Å². The van der Waals surface area contributed by atoms with Crippen LogP contribution in [0.15, 0.2) is 41.3 Å². The van der Waals surface area contributed by atoms with Gasteiger partial charge in [0.1, 0.15) is 11.1 Å². The fraction of sp³-hybridized carbons (Fsp3) is 0.235. The lowest BCUT2D eigenvalue weighted by Gasteiger charge is -2.01. The van der Waals surface area contributed by atoms with E-state index in [2.05, 4.69) is 16.1 Å². The van der Waals surface area contributed by atoms with Crippen LogP contribution in [0.5, 0.6) is 0 Å². The number of hydrogen-bond donors (Lipinski definition) is 0. The maximum atomic E-state index is 12.2. The lowest BCUT2D eigenvalue weighted by atomic mass is 10.1. The average Bonchev–Trinajstić information content (AvgIpc) is 2.98. The van der Waals surface area contributed by atoms with Gasteiger partial charge in [0.15, 0.2) is 0 Å². The van der Waals surface area contributed by atoms with E-state index < -0.39 is 17.7 Å². The number of para-hydroxylation sites is 1. The van der Waals surface area contributed by atoms with E-state index in [1.54, 1.807) is 30.3 Å². The highest BCUT2D eigenvalue weighted by atomic mass is 16.5. The minimum atomic E-state index is -0.863. The summed E-state index contributed by atoms with van der Waals surface area (Å²) in [5.74, 6) is -1.88. The topological polar surface area (TPSA) is 102 Å². The number of carbonyl (C=O) groups excluding carboxylic acids is 2. The number of hydrogen-bond acceptors (Lipinski definition) is 5. The standard InChI is InChI=1S/C17H16N2O5/c1-3-4-7-10-23-16(20)14(19-18)13-11-8-5-6-9-12(11)24-15(13)17(21)22-2/h3,5-6,8-9H,1,4,7,10H2,2H3. The van der Waals surface area contributed by atoms with Crippen LogP contribution < -0.4 is 0 Å². The van der Waals surface area contributed by atoms with Crippen molar-refractivity contribution in [1.29, 1.82) is 0 Å². The van der Waals surface area contributed by atoms with Crippen molar-refractivity contribution in [3.05, 3.63) is 53.8 Å². The van der Waals surface area contributed by atoms with Gasteiger partial charge in [-0.1, -0.05) is 24.3 Å². The third kappa shape index (κ3) is 3.42. The molecule has 0 spiro atoms. The molecule has 1 heterocycles. The molecule has 0 bridgehead atoms. The largest absolute Gasteiger partial charge is 0.463 e. The molecule has 0 N–H and O–H groups in total. The Kier molecular flexibility index (Phi) is 5.65. The summed E-state index contributed by atoms with van der Waals surface area (Å²) in [4.78, 5) is 27.2. The Bertz CT molecular complexity index is 831. The molecule has 0 saturated heterocycles. The zero-order valence-electron chi connectivity index (χ0n) is 13.2. The number of rotatable bonds is 7. The number of ether oxygens (including phenoxy) is 2. The van der Waals surface area contributed by atoms with Crippen molar-refractivity contribution in [2.75, 3.05) is 13.7 Å². The summed E-state index contributed by atoms with van der Waals surface area (Å²) < 4.78 is 15.2. The van der Waals surface area contributed by atoms with Crippen LogP contribution in [-0.2, 0) is 14.3 Å². The molecule has 1 aromatic heterocycles. The van der Waals surface area contributed by atoms with Gasteiger partial charge in [-0.3, -0.25) is 0 Å². The first-order valence-electron chi connectivity index (χ1n) is 7.24. The molecule has 0 saturated carbocycles. The first kappa shape index (κ1) is 17.2. The molecular formula is C17H16N2O5. The predicted octanol–water partition coefficient (Wildman–Crippen LogP) is 2.75. The summed E-state index contributed by atoms with van der Waals surface area (Å²) in [5.41, 5.74) is 9.26. The summed E-state index contributed by atoms with van der Waals surface area (Å²) >= 11 is 0. The fourth-order valence-electron chi connectivity index (χ4n) is 2.17. The van der Waals surface area contributed by atoms with E-state index in [1.165, 1.54) is 7.11 Å². The number of nitrogens with zero attached hydrogens (tertiary/aromatic N) is 2. The molecule has 0 fully saturated rings. The van der Waals surface area contributed by atoms with Crippen molar-refractivity contribution < 1.29 is 28.3 Å². The van der Waals surface area contributed by atoms with Gasteiger partial charge in [0.25, 0.3) is 0 Å². The third-order valence-corrected chi connectivity index (χ3v) is 3.28. The number of esters is 2. The fourth-order valence-corrected chi connectivity index (χ4v) is 2.17. The van der Waals surface area contributed by atoms with Crippen LogP contribution in [-0.4, -0.2) is 36.2 Å². The number of fused-ring (bicyclic) bond motifs is 1. The quantitative estimate of drug-likeness (QED) is 0.194. The summed E-state index contributed by atoms with van der Waals surface area (Å²) in [6.45, 7) is 3.71. The molecule has 0 aliphatic heterocycles. The second-order valence-corrected chi connectivity index (χ2v) is 4.81. The number of unbranched alkanes of at least 4 members (excludes halogenated alkanes) is 1. The molecule has 7 heteroatoms. The summed E-state index contributed by atoms with van der Waals surface area (Å²) in [5, 5.41) is 0.439. The highest BCUT2D eigenvalue weighted by Gasteiger charge is 2.35. The van der Waals surface area contributed by atoms with Crippen LogP contribution >= 0.6 is 0 Å². The Balaban J connectivity index is 2.44. The number of allylic oxidation sites excluding steroid dienone is 1. The lowest BCUT2D eigenvalue weighted by Crippen LogP contribution is -2.22. The van der Waals surface area contributed by atoms with Crippen LogP contribution in [0.2, 0.25) is 0 Å². The molecule has 0 amide bonds. The van der Waals surface area contributed by atoms with E-state index in [-0.39, 0.29) is 17.9 Å². The van der Waals surface area contributed by atoms with Gasteiger partial charge in [0.2, 0.25) is 5.76 Å². The van der Waals surface area contributed by atoms with Crippen molar-refractivity contribution in [1.82, 2.24) is 0 Å². The zero-order valence-corrected chi connectivity index (χ0v) is 13.2. The number of furan rings is 1. The van der Waals surface area contributed by atoms with Gasteiger partial charge < -0.3 is 19.4 Å². The molecule has 2 rings (SSSR count). The molecule has 0 radical (unpaired) electrons. The van der Waals surface area contributed by atoms with E-state index >= 15 is 0 Å². The highest BCUT2D eigenvalue weighted by Crippen LogP contribution is 2.27. The zero-order chi connectivity index (χ0) is 17.5. The number of carbonyl (C=O) groups is 2. The van der Waals surface area contributed by atoms with Crippen molar-refractivity contribution in [3.8, 4) is 0 Å². The van der Waals surface area contributed by atoms with Gasteiger partial charge in [-0.15, -0.1) is 6.58 Å². The Morgan fingerprint density at radius 3 is 2.79 bits per heavy atom. The smallest absolute Gasteiger partial charge is 0.422 e. The van der Waals surface area contributed by atoms with E-state index in [9.17, 15) is 15.1 Å². The Morgan fingerprint density at radius 2 is 2.12 bits per heavy atom. The molecular weight excluding hydrogens is 312 g/mol. The molecule has 0 unspecified atom stereocenters. The van der Waals surface area contributed by atoms with Crippen molar-refractivity contribution in [3.63, 3.8) is 0 Å². The van der Waals surface area contributed by atoms with Crippen molar-refractivity contribution >= 4 is 28.6 Å². The van der Waals surface area contributed by atoms with Crippen molar-refractivity contribution in [2.24, 2.45) is 0 Å². The van der Waals surface area contributed by atoms with Crippen LogP contribution in [0.1, 0.15) is 29.0 Å². The van der Waals surface area contributed by atoms with E-state index in [0.717, 1.165) is 0 Å².